The van der Waals surface area contributed by atoms with E-state index in [1.165, 1.54) is 0 Å². The largest absolute Gasteiger partial charge is 0.384 e. The standard InChI is InChI=1S/C12H21N5/c1-7(2)12-16-10(6-11(14)17-12)9(13)5-8(3)15-4/h6-8,13,15H,5H2,1-4H3,(H2,14,16,17)/t8-/m1/s1. The highest BCUT2D eigenvalue weighted by Gasteiger charge is 2.12. The van der Waals surface area contributed by atoms with Crippen molar-refractivity contribution in [2.75, 3.05) is 12.8 Å². The van der Waals surface area contributed by atoms with Crippen LogP contribution in [0.5, 0.6) is 0 Å². The van der Waals surface area contributed by atoms with Gasteiger partial charge in [-0.1, -0.05) is 13.8 Å². The van der Waals surface area contributed by atoms with Crippen molar-refractivity contribution in [1.82, 2.24) is 15.3 Å². The molecule has 0 bridgehead atoms. The monoisotopic (exact) mass is 235 g/mol. The summed E-state index contributed by atoms with van der Waals surface area (Å²) in [6, 6.07) is 1.91. The molecule has 0 aliphatic rings. The molecule has 5 nitrogen and oxygen atoms in total. The molecule has 1 aromatic heterocycles. The van der Waals surface area contributed by atoms with Gasteiger partial charge in [-0.05, 0) is 14.0 Å². The van der Waals surface area contributed by atoms with Gasteiger partial charge < -0.3 is 16.5 Å². The number of anilines is 1. The van der Waals surface area contributed by atoms with E-state index in [4.69, 9.17) is 11.1 Å². The molecule has 4 N–H and O–H groups in total. The highest BCUT2D eigenvalue weighted by molar-refractivity contribution is 5.97. The molecular formula is C12H21N5. The van der Waals surface area contributed by atoms with Crippen LogP contribution in [-0.4, -0.2) is 28.8 Å². The fourth-order valence-corrected chi connectivity index (χ4v) is 1.41. The number of nitrogens with two attached hydrogens (primary N) is 1. The molecule has 1 aromatic rings. The van der Waals surface area contributed by atoms with Crippen LogP contribution in [0.3, 0.4) is 0 Å². The maximum atomic E-state index is 8.01. The lowest BCUT2D eigenvalue weighted by molar-refractivity contribution is 0.631. The van der Waals surface area contributed by atoms with Gasteiger partial charge in [0.1, 0.15) is 11.6 Å². The van der Waals surface area contributed by atoms with Gasteiger partial charge in [0, 0.05) is 24.4 Å². The zero-order chi connectivity index (χ0) is 13.0. The predicted molar refractivity (Wildman–Crippen MR) is 70.5 cm³/mol. The Morgan fingerprint density at radius 1 is 1.41 bits per heavy atom. The molecule has 0 unspecified atom stereocenters. The lowest BCUT2D eigenvalue weighted by Gasteiger charge is -2.12. The van der Waals surface area contributed by atoms with Crippen LogP contribution in [0.4, 0.5) is 5.82 Å². The molecule has 1 atom stereocenters. The van der Waals surface area contributed by atoms with Gasteiger partial charge >= 0.3 is 0 Å². The minimum absolute atomic E-state index is 0.215. The Bertz CT molecular complexity index is 400. The topological polar surface area (TPSA) is 87.7 Å². The molecule has 0 radical (unpaired) electrons. The van der Waals surface area contributed by atoms with Crippen LogP contribution >= 0.6 is 0 Å². The summed E-state index contributed by atoms with van der Waals surface area (Å²) < 4.78 is 0. The second kappa shape index (κ2) is 5.72. The number of nitrogens with one attached hydrogen (secondary N) is 2. The van der Waals surface area contributed by atoms with Crippen molar-refractivity contribution in [3.05, 3.63) is 17.6 Å². The number of nitrogen functional groups attached to an aromatic ring is 1. The molecule has 0 aliphatic carbocycles. The fourth-order valence-electron chi connectivity index (χ4n) is 1.41. The van der Waals surface area contributed by atoms with E-state index in [1.807, 2.05) is 27.8 Å². The summed E-state index contributed by atoms with van der Waals surface area (Å²) in [4.78, 5) is 8.55. The quantitative estimate of drug-likeness (QED) is 0.676. The van der Waals surface area contributed by atoms with E-state index in [0.29, 0.717) is 29.5 Å². The van der Waals surface area contributed by atoms with Gasteiger partial charge in [-0.3, -0.25) is 0 Å². The smallest absolute Gasteiger partial charge is 0.133 e. The number of aromatic nitrogens is 2. The van der Waals surface area contributed by atoms with Crippen LogP contribution in [0.2, 0.25) is 0 Å². The van der Waals surface area contributed by atoms with E-state index in [2.05, 4.69) is 15.3 Å². The molecule has 0 saturated heterocycles. The van der Waals surface area contributed by atoms with Crippen LogP contribution in [-0.2, 0) is 0 Å². The molecule has 0 fully saturated rings. The highest BCUT2D eigenvalue weighted by Crippen LogP contribution is 2.13. The van der Waals surface area contributed by atoms with Crippen molar-refractivity contribution < 1.29 is 0 Å². The minimum Gasteiger partial charge on any atom is -0.384 e. The van der Waals surface area contributed by atoms with E-state index < -0.39 is 0 Å². The normalized spacial score (nSPS) is 12.8. The van der Waals surface area contributed by atoms with Gasteiger partial charge in [0.15, 0.2) is 0 Å². The Morgan fingerprint density at radius 2 is 2.06 bits per heavy atom. The molecule has 1 heterocycles. The van der Waals surface area contributed by atoms with E-state index in [1.54, 1.807) is 6.07 Å². The zero-order valence-corrected chi connectivity index (χ0v) is 10.9. The first-order valence-electron chi connectivity index (χ1n) is 5.83. The molecule has 0 amide bonds. The zero-order valence-electron chi connectivity index (χ0n) is 10.9. The van der Waals surface area contributed by atoms with Crippen LogP contribution in [0.15, 0.2) is 6.07 Å². The summed E-state index contributed by atoms with van der Waals surface area (Å²) in [7, 11) is 1.88. The van der Waals surface area contributed by atoms with Crippen molar-refractivity contribution >= 4 is 11.5 Å². The van der Waals surface area contributed by atoms with Gasteiger partial charge in [-0.25, -0.2) is 9.97 Å². The number of rotatable bonds is 5. The van der Waals surface area contributed by atoms with Gasteiger partial charge in [-0.2, -0.15) is 0 Å². The van der Waals surface area contributed by atoms with Crippen molar-refractivity contribution in [3.8, 4) is 0 Å². The summed E-state index contributed by atoms with van der Waals surface area (Å²) >= 11 is 0. The Kier molecular flexibility index (Phi) is 4.57. The summed E-state index contributed by atoms with van der Waals surface area (Å²) in [5.74, 6) is 1.34. The summed E-state index contributed by atoms with van der Waals surface area (Å²) in [6.07, 6.45) is 0.629. The van der Waals surface area contributed by atoms with Gasteiger partial charge in [-0.15, -0.1) is 0 Å². The maximum Gasteiger partial charge on any atom is 0.133 e. The van der Waals surface area contributed by atoms with Crippen LogP contribution in [0.1, 0.15) is 44.6 Å². The molecule has 0 aliphatic heterocycles. The van der Waals surface area contributed by atoms with Crippen LogP contribution in [0.25, 0.3) is 0 Å². The van der Waals surface area contributed by atoms with Crippen molar-refractivity contribution in [3.63, 3.8) is 0 Å². The average molecular weight is 235 g/mol. The number of nitrogens with zero attached hydrogens (tertiary/aromatic N) is 2. The molecule has 0 spiro atoms. The third-order valence-electron chi connectivity index (χ3n) is 2.59. The fraction of sp³-hybridized carbons (Fsp3) is 0.583. The summed E-state index contributed by atoms with van der Waals surface area (Å²) in [5, 5.41) is 11.1. The summed E-state index contributed by atoms with van der Waals surface area (Å²) in [5.41, 5.74) is 6.85. The Labute approximate surface area is 102 Å². The van der Waals surface area contributed by atoms with Crippen molar-refractivity contribution in [2.24, 2.45) is 0 Å². The first-order valence-corrected chi connectivity index (χ1v) is 5.83. The number of hydrogen-bond donors (Lipinski definition) is 3. The second-order valence-electron chi connectivity index (χ2n) is 4.56. The Morgan fingerprint density at radius 3 is 2.59 bits per heavy atom. The van der Waals surface area contributed by atoms with E-state index in [-0.39, 0.29) is 12.0 Å². The van der Waals surface area contributed by atoms with Crippen LogP contribution in [0, 0.1) is 5.41 Å². The Balaban J connectivity index is 2.93. The van der Waals surface area contributed by atoms with Gasteiger partial charge in [0.25, 0.3) is 0 Å². The molecular weight excluding hydrogens is 214 g/mol. The number of hydrogen-bond acceptors (Lipinski definition) is 5. The molecule has 0 saturated carbocycles. The van der Waals surface area contributed by atoms with Crippen LogP contribution < -0.4 is 11.1 Å². The van der Waals surface area contributed by atoms with Gasteiger partial charge in [0.2, 0.25) is 0 Å². The average Bonchev–Trinajstić information content (AvgIpc) is 2.27. The SMILES string of the molecule is CN[C@H](C)CC(=N)c1cc(N)nc(C(C)C)n1. The lowest BCUT2D eigenvalue weighted by atomic mass is 10.1. The second-order valence-corrected chi connectivity index (χ2v) is 4.56. The lowest BCUT2D eigenvalue weighted by Crippen LogP contribution is -2.25. The van der Waals surface area contributed by atoms with Crippen molar-refractivity contribution in [1.29, 1.82) is 5.41 Å². The van der Waals surface area contributed by atoms with Crippen molar-refractivity contribution in [2.45, 2.75) is 39.2 Å². The third-order valence-corrected chi connectivity index (χ3v) is 2.59. The predicted octanol–water partition coefficient (Wildman–Crippen LogP) is 1.55. The molecule has 0 aromatic carbocycles. The molecule has 94 valence electrons. The van der Waals surface area contributed by atoms with E-state index in [0.717, 1.165) is 0 Å². The van der Waals surface area contributed by atoms with E-state index >= 15 is 0 Å². The summed E-state index contributed by atoms with van der Waals surface area (Å²) in [6.45, 7) is 6.05. The van der Waals surface area contributed by atoms with Gasteiger partial charge in [0.05, 0.1) is 11.4 Å². The molecule has 1 rings (SSSR count). The molecule has 5 heteroatoms. The molecule has 17 heavy (non-hydrogen) atoms. The minimum atomic E-state index is 0.215. The Hall–Kier alpha value is -1.49. The first-order chi connectivity index (χ1) is 7.93. The first kappa shape index (κ1) is 13.6. The van der Waals surface area contributed by atoms with E-state index in [9.17, 15) is 0 Å². The third kappa shape index (κ3) is 3.78. The maximum absolute atomic E-state index is 8.01. The highest BCUT2D eigenvalue weighted by atomic mass is 15.0.